The zero-order valence-corrected chi connectivity index (χ0v) is 6.83. The first-order chi connectivity index (χ1) is 4.81. The second kappa shape index (κ2) is 6.71. The number of methoxy groups -OCH3 is 1. The Morgan fingerprint density at radius 1 is 1.60 bits per heavy atom. The summed E-state index contributed by atoms with van der Waals surface area (Å²) < 4.78 is 10.0. The number of rotatable bonds is 5. The van der Waals surface area contributed by atoms with Gasteiger partial charge >= 0.3 is 0 Å². The zero-order valence-electron chi connectivity index (χ0n) is 6.83. The smallest absolute Gasteiger partial charge is 0.154 e. The maximum absolute atomic E-state index is 5.16. The molecule has 1 unspecified atom stereocenters. The molecule has 1 atom stereocenters. The van der Waals surface area contributed by atoms with E-state index in [-0.39, 0.29) is 6.29 Å². The Kier molecular flexibility index (Phi) is 6.43. The van der Waals surface area contributed by atoms with Crippen molar-refractivity contribution in [1.82, 2.24) is 0 Å². The normalized spacial score (nSPS) is 14.3. The third-order valence-electron chi connectivity index (χ3n) is 1.09. The molecule has 60 valence electrons. The van der Waals surface area contributed by atoms with E-state index in [0.717, 1.165) is 0 Å². The molecular formula is C7H15NO2. The number of nitrogens with zero attached hydrogens (tertiary/aromatic N) is 1. The number of hydrogen-bond acceptors (Lipinski definition) is 3. The lowest BCUT2D eigenvalue weighted by Crippen LogP contribution is -2.12. The van der Waals surface area contributed by atoms with E-state index in [1.165, 1.54) is 0 Å². The summed E-state index contributed by atoms with van der Waals surface area (Å²) in [5, 5.41) is 0. The van der Waals surface area contributed by atoms with Gasteiger partial charge in [-0.3, -0.25) is 4.99 Å². The lowest BCUT2D eigenvalue weighted by molar-refractivity contribution is -0.108. The van der Waals surface area contributed by atoms with Crippen molar-refractivity contribution in [2.24, 2.45) is 4.99 Å². The maximum Gasteiger partial charge on any atom is 0.154 e. The van der Waals surface area contributed by atoms with Crippen LogP contribution in [0, 0.1) is 0 Å². The van der Waals surface area contributed by atoms with Crippen LogP contribution in [-0.2, 0) is 9.47 Å². The number of aliphatic imine (C=N–C) groups is 1. The van der Waals surface area contributed by atoms with Gasteiger partial charge in [-0.1, -0.05) is 0 Å². The number of hydrogen-bond donors (Lipinski definition) is 0. The fourth-order valence-electron chi connectivity index (χ4n) is 0.469. The van der Waals surface area contributed by atoms with Crippen molar-refractivity contribution < 1.29 is 9.47 Å². The van der Waals surface area contributed by atoms with Gasteiger partial charge in [-0.2, -0.15) is 0 Å². The minimum atomic E-state index is -0.118. The molecule has 3 heteroatoms. The molecular weight excluding hydrogens is 130 g/mol. The second-order valence-electron chi connectivity index (χ2n) is 1.84. The summed E-state index contributed by atoms with van der Waals surface area (Å²) in [5.74, 6) is 0. The van der Waals surface area contributed by atoms with Crippen molar-refractivity contribution >= 4 is 6.21 Å². The predicted octanol–water partition coefficient (Wildman–Crippen LogP) is 1.09. The minimum absolute atomic E-state index is 0.118. The van der Waals surface area contributed by atoms with Crippen LogP contribution >= 0.6 is 0 Å². The average molecular weight is 145 g/mol. The molecule has 0 rings (SSSR count). The maximum atomic E-state index is 5.16. The van der Waals surface area contributed by atoms with Crippen LogP contribution in [0.3, 0.4) is 0 Å². The molecule has 0 N–H and O–H groups in total. The van der Waals surface area contributed by atoms with Crippen LogP contribution in [0.2, 0.25) is 0 Å². The van der Waals surface area contributed by atoms with Gasteiger partial charge < -0.3 is 9.47 Å². The second-order valence-corrected chi connectivity index (χ2v) is 1.84. The molecule has 0 aliphatic carbocycles. The molecule has 0 spiro atoms. The standard InChI is InChI=1S/C7H15NO2/c1-4-8-5-6-10-7(2)9-3/h4,7H,5-6H2,1-3H3. The lowest BCUT2D eigenvalue weighted by Gasteiger charge is -2.08. The van der Waals surface area contributed by atoms with E-state index in [9.17, 15) is 0 Å². The molecule has 0 aliphatic rings. The van der Waals surface area contributed by atoms with Crippen molar-refractivity contribution in [3.8, 4) is 0 Å². The summed E-state index contributed by atoms with van der Waals surface area (Å²) in [6, 6.07) is 0. The Morgan fingerprint density at radius 3 is 2.80 bits per heavy atom. The molecule has 0 fully saturated rings. The van der Waals surface area contributed by atoms with E-state index in [1.807, 2.05) is 13.8 Å². The summed E-state index contributed by atoms with van der Waals surface area (Å²) in [7, 11) is 1.62. The van der Waals surface area contributed by atoms with E-state index in [0.29, 0.717) is 13.2 Å². The van der Waals surface area contributed by atoms with Crippen LogP contribution < -0.4 is 0 Å². The molecule has 0 aliphatic heterocycles. The Balaban J connectivity index is 3.03. The molecule has 0 saturated heterocycles. The summed E-state index contributed by atoms with van der Waals surface area (Å²) in [5.41, 5.74) is 0. The lowest BCUT2D eigenvalue weighted by atomic mass is 10.6. The van der Waals surface area contributed by atoms with Gasteiger partial charge in [0.05, 0.1) is 13.2 Å². The first-order valence-corrected chi connectivity index (χ1v) is 3.40. The molecule has 0 aromatic carbocycles. The Labute approximate surface area is 62.1 Å². The van der Waals surface area contributed by atoms with Gasteiger partial charge in [0.1, 0.15) is 0 Å². The van der Waals surface area contributed by atoms with Crippen molar-refractivity contribution in [2.45, 2.75) is 20.1 Å². The predicted molar refractivity (Wildman–Crippen MR) is 41.5 cm³/mol. The van der Waals surface area contributed by atoms with Crippen LogP contribution in [0.4, 0.5) is 0 Å². The molecule has 0 aromatic heterocycles. The molecule has 0 heterocycles. The average Bonchev–Trinajstić information content (AvgIpc) is 1.98. The third kappa shape index (κ3) is 5.72. The summed E-state index contributed by atoms with van der Waals surface area (Å²) in [6.45, 7) is 5.08. The first kappa shape index (κ1) is 9.59. The van der Waals surface area contributed by atoms with Crippen molar-refractivity contribution in [3.63, 3.8) is 0 Å². The monoisotopic (exact) mass is 145 g/mol. The SMILES string of the molecule is CC=NCCOC(C)OC. The zero-order chi connectivity index (χ0) is 7.82. The largest absolute Gasteiger partial charge is 0.356 e. The van der Waals surface area contributed by atoms with E-state index in [4.69, 9.17) is 9.47 Å². The van der Waals surface area contributed by atoms with Gasteiger partial charge in [-0.15, -0.1) is 0 Å². The highest BCUT2D eigenvalue weighted by Crippen LogP contribution is 1.88. The Bertz CT molecular complexity index is 93.6. The van der Waals surface area contributed by atoms with Crippen LogP contribution in [0.1, 0.15) is 13.8 Å². The molecule has 0 amide bonds. The van der Waals surface area contributed by atoms with Crippen molar-refractivity contribution in [2.75, 3.05) is 20.3 Å². The highest BCUT2D eigenvalue weighted by Gasteiger charge is 1.95. The van der Waals surface area contributed by atoms with Crippen molar-refractivity contribution in [3.05, 3.63) is 0 Å². The van der Waals surface area contributed by atoms with Gasteiger partial charge in [-0.05, 0) is 20.1 Å². The Hall–Kier alpha value is -0.410. The van der Waals surface area contributed by atoms with Crippen LogP contribution in [-0.4, -0.2) is 32.8 Å². The number of ether oxygens (including phenoxy) is 2. The van der Waals surface area contributed by atoms with Gasteiger partial charge in [0, 0.05) is 7.11 Å². The van der Waals surface area contributed by atoms with E-state index < -0.39 is 0 Å². The fraction of sp³-hybridized carbons (Fsp3) is 0.857. The summed E-state index contributed by atoms with van der Waals surface area (Å²) in [6.07, 6.45) is 1.65. The molecule has 0 radical (unpaired) electrons. The van der Waals surface area contributed by atoms with Crippen LogP contribution in [0.5, 0.6) is 0 Å². The highest BCUT2D eigenvalue weighted by molar-refractivity contribution is 5.53. The topological polar surface area (TPSA) is 30.8 Å². The summed E-state index contributed by atoms with van der Waals surface area (Å²) >= 11 is 0. The quantitative estimate of drug-likeness (QED) is 0.329. The van der Waals surface area contributed by atoms with Gasteiger partial charge in [-0.25, -0.2) is 0 Å². The fourth-order valence-corrected chi connectivity index (χ4v) is 0.469. The molecule has 10 heavy (non-hydrogen) atoms. The molecule has 3 nitrogen and oxygen atoms in total. The summed E-state index contributed by atoms with van der Waals surface area (Å²) in [4.78, 5) is 3.97. The molecule has 0 bridgehead atoms. The first-order valence-electron chi connectivity index (χ1n) is 3.40. The van der Waals surface area contributed by atoms with Crippen molar-refractivity contribution in [1.29, 1.82) is 0 Å². The van der Waals surface area contributed by atoms with E-state index in [1.54, 1.807) is 13.3 Å². The van der Waals surface area contributed by atoms with Crippen LogP contribution in [0.25, 0.3) is 0 Å². The van der Waals surface area contributed by atoms with E-state index >= 15 is 0 Å². The van der Waals surface area contributed by atoms with Crippen LogP contribution in [0.15, 0.2) is 4.99 Å². The molecule has 0 aromatic rings. The minimum Gasteiger partial charge on any atom is -0.356 e. The van der Waals surface area contributed by atoms with Gasteiger partial charge in [0.2, 0.25) is 0 Å². The third-order valence-corrected chi connectivity index (χ3v) is 1.09. The highest BCUT2D eigenvalue weighted by atomic mass is 16.7. The van der Waals surface area contributed by atoms with Gasteiger partial charge in [0.25, 0.3) is 0 Å². The van der Waals surface area contributed by atoms with Gasteiger partial charge in [0.15, 0.2) is 6.29 Å². The Morgan fingerprint density at radius 2 is 2.30 bits per heavy atom. The molecule has 0 saturated carbocycles. The van der Waals surface area contributed by atoms with E-state index in [2.05, 4.69) is 4.99 Å².